The molecule has 0 bridgehead atoms. The maximum atomic E-state index is 13.7. The molecule has 5 saturated heterocycles. The van der Waals surface area contributed by atoms with E-state index in [2.05, 4.69) is 28.2 Å². The Morgan fingerprint density at radius 1 is 0.491 bits per heavy atom. The number of aliphatic hydroxyl groups is 17. The number of carboxylic acids is 3. The number of ether oxygens (including phenoxy) is 10. The van der Waals surface area contributed by atoms with E-state index in [1.807, 2.05) is 0 Å². The molecule has 0 aromatic carbocycles. The Hall–Kier alpha value is -5.05. The van der Waals surface area contributed by atoms with Crippen LogP contribution in [0.25, 0.3) is 0 Å². The minimum atomic E-state index is -3.57. The second kappa shape index (κ2) is 42.4. The second-order valence-corrected chi connectivity index (χ2v) is 27.3. The van der Waals surface area contributed by atoms with E-state index in [4.69, 9.17) is 47.4 Å². The molecule has 106 heavy (non-hydrogen) atoms. The Kier molecular flexibility index (Phi) is 36.6. The van der Waals surface area contributed by atoms with Crippen molar-refractivity contribution in [3.8, 4) is 0 Å². The molecule has 41 heteroatoms. The molecule has 0 saturated carbocycles. The van der Waals surface area contributed by atoms with Crippen LogP contribution >= 0.6 is 0 Å². The van der Waals surface area contributed by atoms with Crippen LogP contribution in [0.2, 0.25) is 0 Å². The summed E-state index contributed by atoms with van der Waals surface area (Å²) in [6.45, 7) is -1.18. The molecule has 24 N–H and O–H groups in total. The lowest BCUT2D eigenvalue weighted by Crippen LogP contribution is -2.72. The molecular formula is C65H110N4O37. The molecule has 0 radical (unpaired) electrons. The molecular weight excluding hydrogens is 1430 g/mol. The first-order chi connectivity index (χ1) is 50.0. The van der Waals surface area contributed by atoms with Crippen LogP contribution in [0.4, 0.5) is 0 Å². The van der Waals surface area contributed by atoms with Crippen molar-refractivity contribution in [3.05, 3.63) is 12.2 Å². The number of hydrogen-bond donors (Lipinski definition) is 24. The molecule has 5 fully saturated rings. The van der Waals surface area contributed by atoms with Gasteiger partial charge in [0.25, 0.3) is 17.4 Å². The van der Waals surface area contributed by atoms with Crippen molar-refractivity contribution in [1.82, 2.24) is 21.3 Å². The summed E-state index contributed by atoms with van der Waals surface area (Å²) in [4.78, 5) is 90.3. The van der Waals surface area contributed by atoms with Gasteiger partial charge < -0.3 is 171 Å². The normalized spacial score (nSPS) is 35.9. The fourth-order valence-corrected chi connectivity index (χ4v) is 13.5. The molecule has 0 spiro atoms. The number of aliphatic hydroxyl groups excluding tert-OH is 17. The summed E-state index contributed by atoms with van der Waals surface area (Å²) in [6.07, 6.45) is -39.6. The van der Waals surface area contributed by atoms with Gasteiger partial charge in [-0.05, 0) is 12.8 Å². The molecule has 0 aliphatic carbocycles. The highest BCUT2D eigenvalue weighted by Crippen LogP contribution is 2.42. The zero-order valence-corrected chi connectivity index (χ0v) is 59.5. The molecule has 612 valence electrons. The highest BCUT2D eigenvalue weighted by atomic mass is 16.8. The average Bonchev–Trinajstić information content (AvgIpc) is 0.757. The van der Waals surface area contributed by atoms with E-state index >= 15 is 0 Å². The fraction of sp³-hybridized carbons (Fsp3) is 0.862. The van der Waals surface area contributed by atoms with E-state index in [9.17, 15) is 136 Å². The number of amides is 4. The lowest BCUT2D eigenvalue weighted by molar-refractivity contribution is -0.388. The zero-order valence-electron chi connectivity index (χ0n) is 59.5. The summed E-state index contributed by atoms with van der Waals surface area (Å²) >= 11 is 0. The Morgan fingerprint density at radius 3 is 1.31 bits per heavy atom. The average molecular weight is 1540 g/mol. The largest absolute Gasteiger partial charge is 0.477 e. The van der Waals surface area contributed by atoms with Crippen LogP contribution in [0, 0.1) is 0 Å². The third kappa shape index (κ3) is 23.7. The van der Waals surface area contributed by atoms with E-state index < -0.39 is 283 Å². The van der Waals surface area contributed by atoms with Crippen molar-refractivity contribution >= 4 is 41.5 Å². The highest BCUT2D eigenvalue weighted by Gasteiger charge is 2.64. The van der Waals surface area contributed by atoms with E-state index in [1.54, 1.807) is 6.08 Å². The van der Waals surface area contributed by atoms with Gasteiger partial charge in [0.1, 0.15) is 104 Å². The molecule has 5 aliphatic heterocycles. The molecule has 0 aromatic rings. The molecule has 0 aromatic heterocycles. The Morgan fingerprint density at radius 2 is 0.906 bits per heavy atom. The number of carbonyl (C=O) groups is 7. The Balaban J connectivity index is 1.39. The molecule has 41 nitrogen and oxygen atoms in total. The van der Waals surface area contributed by atoms with Crippen molar-refractivity contribution in [2.75, 3.05) is 39.6 Å². The summed E-state index contributed by atoms with van der Waals surface area (Å²) in [5.41, 5.74) is 0. The lowest BCUT2D eigenvalue weighted by atomic mass is 9.86. The van der Waals surface area contributed by atoms with Gasteiger partial charge in [-0.1, -0.05) is 83.3 Å². The molecule has 5 aliphatic rings. The van der Waals surface area contributed by atoms with Gasteiger partial charge in [0.05, 0.1) is 88.2 Å². The number of carboxylic acid groups (broad SMARTS) is 3. The number of unbranched alkanes of at least 4 members (excludes halogenated alkanes) is 11. The van der Waals surface area contributed by atoms with E-state index in [-0.39, 0.29) is 0 Å². The predicted molar refractivity (Wildman–Crippen MR) is 350 cm³/mol. The highest BCUT2D eigenvalue weighted by molar-refractivity contribution is 5.78. The summed E-state index contributed by atoms with van der Waals surface area (Å²) in [7, 11) is 0. The van der Waals surface area contributed by atoms with Crippen molar-refractivity contribution in [2.24, 2.45) is 0 Å². The van der Waals surface area contributed by atoms with E-state index in [0.29, 0.717) is 6.42 Å². The summed E-state index contributed by atoms with van der Waals surface area (Å²) in [5, 5.41) is 232. The second-order valence-electron chi connectivity index (χ2n) is 27.3. The Bertz CT molecular complexity index is 2800. The van der Waals surface area contributed by atoms with Gasteiger partial charge in [-0.2, -0.15) is 0 Å². The maximum Gasteiger partial charge on any atom is 0.364 e. The fourth-order valence-electron chi connectivity index (χ4n) is 13.5. The van der Waals surface area contributed by atoms with Crippen LogP contribution < -0.4 is 21.3 Å². The predicted octanol–water partition coefficient (Wildman–Crippen LogP) is -8.73. The van der Waals surface area contributed by atoms with Gasteiger partial charge in [-0.3, -0.25) is 19.2 Å². The molecule has 5 heterocycles. The van der Waals surface area contributed by atoms with Crippen molar-refractivity contribution in [1.29, 1.82) is 0 Å². The molecule has 0 unspecified atom stereocenters. The minimum absolute atomic E-state index is 0.549. The third-order valence-corrected chi connectivity index (χ3v) is 19.0. The number of carbonyl (C=O) groups excluding carboxylic acids is 4. The van der Waals surface area contributed by atoms with Gasteiger partial charge in [0.15, 0.2) is 12.6 Å². The first-order valence-electron chi connectivity index (χ1n) is 35.3. The molecule has 30 atom stereocenters. The summed E-state index contributed by atoms with van der Waals surface area (Å²) in [5.74, 6) is -20.8. The first kappa shape index (κ1) is 91.6. The smallest absolute Gasteiger partial charge is 0.364 e. The minimum Gasteiger partial charge on any atom is -0.477 e. The topological polar surface area (TPSA) is 665 Å². The van der Waals surface area contributed by atoms with Crippen molar-refractivity contribution in [2.45, 2.75) is 313 Å². The standard InChI is InChI=1S/C65H110N4O37/c1-6-7-8-9-10-11-12-13-14-15-16-17-18-19-34(79)33(66-29(2)75)28-97-58-51(89)50(88)53(42(27-74)99-58)100-59-52(90)57(47(85)39(24-71)98-59)106-65(62(95)96)22-37(82)45(69-32(5)78)56(105-65)49(87)41(26-73)102-64(61(93)94)21-36(81)44(68-31(4)77)55(104-64)48(86)40(25-72)101-63(60(91)92)20-35(80)43(67-30(3)76)54(103-63)46(84)38(83)23-70/h18-19,33-59,70-74,79-90H,6-17,20-28H2,1-5H3,(H,66,75)(H,67,76)(H,68,77)(H,69,78)(H,91,92)(H,93,94)(H,95,96)/b19-18+/t33-,34+,35-,36-,37-,38+,39+,40+,41+,42+,43+,44+,45+,46+,47-,48+,49+,50+,51+,52+,53+,54+,55+,56+,57-,58+,59-,63+,64+,65-/m0/s1. The van der Waals surface area contributed by atoms with Crippen LogP contribution in [0.15, 0.2) is 12.2 Å². The maximum absolute atomic E-state index is 13.7. The van der Waals surface area contributed by atoms with E-state index in [0.717, 1.165) is 52.9 Å². The Labute approximate surface area is 609 Å². The molecule has 5 rings (SSSR count). The van der Waals surface area contributed by atoms with E-state index in [1.165, 1.54) is 51.5 Å². The first-order valence-corrected chi connectivity index (χ1v) is 35.3. The van der Waals surface area contributed by atoms with Crippen LogP contribution in [0.3, 0.4) is 0 Å². The number of hydrogen-bond acceptors (Lipinski definition) is 34. The number of rotatable bonds is 43. The zero-order chi connectivity index (χ0) is 79.3. The quantitative estimate of drug-likeness (QED) is 0.0199. The SMILES string of the molecule is CCCCCCCCCCCCC/C=C/[C@@H](O)[C@H](CO[C@@H]1O[C@H](CO)[C@@H](O[C@@H]2O[C@H](CO)[C@H](O)[C@H](O[C@]3(C(=O)O)C[C@H](O)[C@@H](NC(C)=O)[C@H]([C@H](O)[C@@H](CO)O[C@]4(C(=O)O)C[C@H](O)[C@@H](NC(C)=O)[C@H]([C@H](O)[C@@H](CO)O[C@]5(C(=O)O)C[C@H](O)[C@@H](NC(C)=O)[C@H]([C@H](O)[C@H](O)CO)O5)O4)O3)[C@H]2O)[C@H](O)[C@H]1O)NC(C)=O. The van der Waals surface area contributed by atoms with Gasteiger partial charge in [0.2, 0.25) is 23.6 Å². The monoisotopic (exact) mass is 1540 g/mol. The van der Waals surface area contributed by atoms with Gasteiger partial charge >= 0.3 is 17.9 Å². The van der Waals surface area contributed by atoms with Crippen LogP contribution in [0.5, 0.6) is 0 Å². The van der Waals surface area contributed by atoms with Crippen molar-refractivity contribution < 1.29 is 183 Å². The van der Waals surface area contributed by atoms with Gasteiger partial charge in [0, 0.05) is 47.0 Å². The number of allylic oxidation sites excluding steroid dienone is 1. The summed E-state index contributed by atoms with van der Waals surface area (Å²) in [6, 6.07) is -7.02. The lowest BCUT2D eigenvalue weighted by Gasteiger charge is -2.51. The van der Waals surface area contributed by atoms with Gasteiger partial charge in [-0.15, -0.1) is 0 Å². The van der Waals surface area contributed by atoms with Gasteiger partial charge in [-0.25, -0.2) is 14.4 Å². The molecule has 4 amide bonds. The number of nitrogens with one attached hydrogen (secondary N) is 4. The van der Waals surface area contributed by atoms with Crippen LogP contribution in [-0.2, 0) is 80.9 Å². The number of aliphatic carboxylic acids is 3. The van der Waals surface area contributed by atoms with Crippen LogP contribution in [0.1, 0.15) is 131 Å². The van der Waals surface area contributed by atoms with Crippen LogP contribution in [-0.4, -0.2) is 366 Å². The third-order valence-electron chi connectivity index (χ3n) is 19.0. The summed E-state index contributed by atoms with van der Waals surface area (Å²) < 4.78 is 57.4. The van der Waals surface area contributed by atoms with Crippen molar-refractivity contribution in [3.63, 3.8) is 0 Å².